The summed E-state index contributed by atoms with van der Waals surface area (Å²) in [5.41, 5.74) is 5.92. The number of hydrogen-bond donors (Lipinski definition) is 2. The Morgan fingerprint density at radius 3 is 2.52 bits per heavy atom. The normalized spacial score (nSPS) is 16.2. The van der Waals surface area contributed by atoms with Gasteiger partial charge < -0.3 is 10.6 Å². The number of anilines is 1. The van der Waals surface area contributed by atoms with Crippen molar-refractivity contribution in [2.45, 2.75) is 66.2 Å². The van der Waals surface area contributed by atoms with Crippen molar-refractivity contribution in [3.8, 4) is 11.3 Å². The van der Waals surface area contributed by atoms with Crippen molar-refractivity contribution in [3.63, 3.8) is 0 Å². The van der Waals surface area contributed by atoms with E-state index >= 15 is 0 Å². The maximum atomic E-state index is 12.9. The highest BCUT2D eigenvalue weighted by Gasteiger charge is 2.25. The first-order chi connectivity index (χ1) is 14.8. The number of nitrogens with one attached hydrogen (secondary N) is 2. The van der Waals surface area contributed by atoms with Crippen molar-refractivity contribution in [3.05, 3.63) is 41.1 Å². The molecule has 6 heteroatoms. The van der Waals surface area contributed by atoms with Gasteiger partial charge in [0.05, 0.1) is 11.4 Å². The first-order valence-electron chi connectivity index (χ1n) is 11.4. The van der Waals surface area contributed by atoms with E-state index in [9.17, 15) is 9.59 Å². The Hall–Kier alpha value is -2.76. The lowest BCUT2D eigenvalue weighted by Gasteiger charge is -2.24. The SMILES string of the molecule is CC(=O)Nc1ccc(-c2nnc(C)c3c2CCCCC(C(=O)NCCC(C)C)C3)cc1. The molecule has 2 N–H and O–H groups in total. The van der Waals surface area contributed by atoms with Gasteiger partial charge in [-0.2, -0.15) is 5.10 Å². The van der Waals surface area contributed by atoms with Crippen LogP contribution in [0.2, 0.25) is 0 Å². The number of rotatable bonds is 6. The largest absolute Gasteiger partial charge is 0.356 e. The molecule has 0 spiro atoms. The molecule has 2 aromatic rings. The highest BCUT2D eigenvalue weighted by molar-refractivity contribution is 5.89. The summed E-state index contributed by atoms with van der Waals surface area (Å²) < 4.78 is 0. The molecule has 0 saturated carbocycles. The molecule has 31 heavy (non-hydrogen) atoms. The fourth-order valence-electron chi connectivity index (χ4n) is 4.19. The van der Waals surface area contributed by atoms with Crippen LogP contribution in [0.5, 0.6) is 0 Å². The molecule has 1 aliphatic carbocycles. The topological polar surface area (TPSA) is 84.0 Å². The lowest BCUT2D eigenvalue weighted by Crippen LogP contribution is -2.34. The average molecular weight is 423 g/mol. The van der Waals surface area contributed by atoms with E-state index in [1.807, 2.05) is 31.2 Å². The lowest BCUT2D eigenvalue weighted by atomic mass is 9.84. The second-order valence-electron chi connectivity index (χ2n) is 8.97. The molecule has 166 valence electrons. The van der Waals surface area contributed by atoms with E-state index in [-0.39, 0.29) is 17.7 Å². The monoisotopic (exact) mass is 422 g/mol. The van der Waals surface area contributed by atoms with E-state index in [4.69, 9.17) is 0 Å². The third kappa shape index (κ3) is 6.12. The number of amides is 2. The number of hydrogen-bond acceptors (Lipinski definition) is 4. The number of carbonyl (C=O) groups excluding carboxylic acids is 2. The van der Waals surface area contributed by atoms with Gasteiger partial charge >= 0.3 is 0 Å². The fourth-order valence-corrected chi connectivity index (χ4v) is 4.19. The Kier molecular flexibility index (Phi) is 7.77. The van der Waals surface area contributed by atoms with Crippen LogP contribution in [0, 0.1) is 18.8 Å². The zero-order valence-electron chi connectivity index (χ0n) is 19.1. The highest BCUT2D eigenvalue weighted by atomic mass is 16.2. The van der Waals surface area contributed by atoms with Gasteiger partial charge in [-0.05, 0) is 68.2 Å². The lowest BCUT2D eigenvalue weighted by molar-refractivity contribution is -0.125. The van der Waals surface area contributed by atoms with Gasteiger partial charge in [0.2, 0.25) is 11.8 Å². The Morgan fingerprint density at radius 2 is 1.84 bits per heavy atom. The number of nitrogens with zero attached hydrogens (tertiary/aromatic N) is 2. The number of aryl methyl sites for hydroxylation is 1. The Bertz CT molecular complexity index is 922. The van der Waals surface area contributed by atoms with Gasteiger partial charge in [0.25, 0.3) is 0 Å². The minimum atomic E-state index is -0.0919. The van der Waals surface area contributed by atoms with E-state index in [1.165, 1.54) is 18.1 Å². The molecular weight excluding hydrogens is 388 g/mol. The van der Waals surface area contributed by atoms with Crippen LogP contribution in [-0.2, 0) is 22.4 Å². The minimum absolute atomic E-state index is 0.0240. The van der Waals surface area contributed by atoms with Gasteiger partial charge in [0.1, 0.15) is 0 Å². The molecule has 1 heterocycles. The van der Waals surface area contributed by atoms with Crippen LogP contribution < -0.4 is 10.6 Å². The third-order valence-corrected chi connectivity index (χ3v) is 5.94. The number of carbonyl (C=O) groups is 2. The molecule has 1 aromatic heterocycles. The molecular formula is C25H34N4O2. The highest BCUT2D eigenvalue weighted by Crippen LogP contribution is 2.32. The van der Waals surface area contributed by atoms with Crippen molar-refractivity contribution >= 4 is 17.5 Å². The van der Waals surface area contributed by atoms with Gasteiger partial charge in [0, 0.05) is 30.6 Å². The van der Waals surface area contributed by atoms with Gasteiger partial charge in [-0.15, -0.1) is 5.10 Å². The quantitative estimate of drug-likeness (QED) is 0.720. The predicted molar refractivity (Wildman–Crippen MR) is 124 cm³/mol. The van der Waals surface area contributed by atoms with Crippen LogP contribution in [0.3, 0.4) is 0 Å². The number of benzene rings is 1. The minimum Gasteiger partial charge on any atom is -0.356 e. The van der Waals surface area contributed by atoms with E-state index in [0.29, 0.717) is 12.3 Å². The van der Waals surface area contributed by atoms with E-state index < -0.39 is 0 Å². The molecule has 1 unspecified atom stereocenters. The molecule has 6 nitrogen and oxygen atoms in total. The molecule has 1 aromatic carbocycles. The summed E-state index contributed by atoms with van der Waals surface area (Å²) in [6.07, 6.45) is 5.62. The predicted octanol–water partition coefficient (Wildman–Crippen LogP) is 4.46. The second-order valence-corrected chi connectivity index (χ2v) is 8.97. The summed E-state index contributed by atoms with van der Waals surface area (Å²) in [6.45, 7) is 8.57. The van der Waals surface area contributed by atoms with Gasteiger partial charge in [-0.25, -0.2) is 0 Å². The molecule has 2 amide bonds. The summed E-state index contributed by atoms with van der Waals surface area (Å²) in [7, 11) is 0. The summed E-state index contributed by atoms with van der Waals surface area (Å²) in [5.74, 6) is 0.621. The van der Waals surface area contributed by atoms with Gasteiger partial charge in [-0.1, -0.05) is 32.4 Å². The summed E-state index contributed by atoms with van der Waals surface area (Å²) >= 11 is 0. The van der Waals surface area contributed by atoms with Crippen LogP contribution in [0.15, 0.2) is 24.3 Å². The molecule has 1 atom stereocenters. The van der Waals surface area contributed by atoms with Crippen molar-refractivity contribution in [1.29, 1.82) is 0 Å². The van der Waals surface area contributed by atoms with Crippen LogP contribution in [0.4, 0.5) is 5.69 Å². The van der Waals surface area contributed by atoms with Crippen LogP contribution in [-0.4, -0.2) is 28.6 Å². The Balaban J connectivity index is 1.86. The standard InChI is InChI=1S/C25H34N4O2/c1-16(2)13-14-26-25(31)20-7-5-6-8-22-23(15-20)17(3)28-29-24(22)19-9-11-21(12-10-19)27-18(4)30/h9-12,16,20H,5-8,13-15H2,1-4H3,(H,26,31)(H,27,30). The summed E-state index contributed by atoms with van der Waals surface area (Å²) in [5, 5.41) is 14.9. The first kappa shape index (κ1) is 22.9. The second kappa shape index (κ2) is 10.5. The van der Waals surface area contributed by atoms with Crippen LogP contribution in [0.1, 0.15) is 63.3 Å². The molecule has 0 bridgehead atoms. The van der Waals surface area contributed by atoms with E-state index in [2.05, 4.69) is 34.7 Å². The van der Waals surface area contributed by atoms with Gasteiger partial charge in [-0.3, -0.25) is 9.59 Å². The van der Waals surface area contributed by atoms with E-state index in [0.717, 1.165) is 61.3 Å². The molecule has 0 saturated heterocycles. The van der Waals surface area contributed by atoms with Crippen molar-refractivity contribution in [2.24, 2.45) is 11.8 Å². The van der Waals surface area contributed by atoms with Crippen molar-refractivity contribution < 1.29 is 9.59 Å². The van der Waals surface area contributed by atoms with Crippen molar-refractivity contribution in [1.82, 2.24) is 15.5 Å². The smallest absolute Gasteiger partial charge is 0.223 e. The summed E-state index contributed by atoms with van der Waals surface area (Å²) in [6, 6.07) is 7.72. The number of fused-ring (bicyclic) bond motifs is 1. The molecule has 0 aliphatic heterocycles. The maximum absolute atomic E-state index is 12.9. The molecule has 0 fully saturated rings. The van der Waals surface area contributed by atoms with Gasteiger partial charge in [0.15, 0.2) is 0 Å². The third-order valence-electron chi connectivity index (χ3n) is 5.94. The van der Waals surface area contributed by atoms with Crippen LogP contribution >= 0.6 is 0 Å². The maximum Gasteiger partial charge on any atom is 0.223 e. The molecule has 1 aliphatic rings. The fraction of sp³-hybridized carbons (Fsp3) is 0.520. The Labute approximate surface area is 185 Å². The summed E-state index contributed by atoms with van der Waals surface area (Å²) in [4.78, 5) is 24.2. The van der Waals surface area contributed by atoms with E-state index in [1.54, 1.807) is 0 Å². The number of aromatic nitrogens is 2. The first-order valence-corrected chi connectivity index (χ1v) is 11.4. The zero-order valence-corrected chi connectivity index (χ0v) is 19.1. The Morgan fingerprint density at radius 1 is 1.10 bits per heavy atom. The molecule has 3 rings (SSSR count). The van der Waals surface area contributed by atoms with Crippen LogP contribution in [0.25, 0.3) is 11.3 Å². The van der Waals surface area contributed by atoms with Crippen molar-refractivity contribution in [2.75, 3.05) is 11.9 Å². The molecule has 0 radical (unpaired) electrons. The zero-order chi connectivity index (χ0) is 22.4. The average Bonchev–Trinajstić information content (AvgIpc) is 2.69.